The zero-order valence-electron chi connectivity index (χ0n) is 16.7. The second kappa shape index (κ2) is 8.86. The van der Waals surface area contributed by atoms with Crippen LogP contribution in [-0.2, 0) is 0 Å². The molecule has 2 heterocycles. The summed E-state index contributed by atoms with van der Waals surface area (Å²) in [5.74, 6) is -1.00. The van der Waals surface area contributed by atoms with Gasteiger partial charge in [-0.2, -0.15) is 0 Å². The second-order valence-electron chi connectivity index (χ2n) is 8.10. The first-order valence-electron chi connectivity index (χ1n) is 9.75. The van der Waals surface area contributed by atoms with Crippen LogP contribution >= 0.6 is 0 Å². The average molecular weight is 404 g/mol. The fourth-order valence-corrected chi connectivity index (χ4v) is 3.63. The van der Waals surface area contributed by atoms with Crippen LogP contribution in [0.4, 0.5) is 8.78 Å². The van der Waals surface area contributed by atoms with Crippen molar-refractivity contribution >= 4 is 5.97 Å². The molecule has 0 amide bonds. The first kappa shape index (κ1) is 21.2. The number of nitrogens with zero attached hydrogens (tertiary/aromatic N) is 2. The molecule has 0 saturated carbocycles. The summed E-state index contributed by atoms with van der Waals surface area (Å²) in [4.78, 5) is 17.5. The Balaban J connectivity index is 1.59. The summed E-state index contributed by atoms with van der Waals surface area (Å²) < 4.78 is 34.1. The second-order valence-corrected chi connectivity index (χ2v) is 8.10. The highest BCUT2D eigenvalue weighted by atomic mass is 19.1. The van der Waals surface area contributed by atoms with E-state index in [-0.39, 0.29) is 16.8 Å². The van der Waals surface area contributed by atoms with Crippen LogP contribution < -0.4 is 4.74 Å². The number of rotatable bonds is 7. The largest absolute Gasteiger partial charge is 0.493 e. The van der Waals surface area contributed by atoms with E-state index in [1.807, 2.05) is 0 Å². The standard InChI is InChI=1S/C22H26F2N2O3/c1-22(2,24)14-26-10-7-15(8-11-26)13-29-16-5-6-17(19(23)12-16)20-18(21(27)28)4-3-9-25-20/h3-6,9,12,15H,7-8,10-11,13-14H2,1-2H3,(H,27,28). The molecule has 7 heteroatoms. The van der Waals surface area contributed by atoms with Gasteiger partial charge in [0.25, 0.3) is 0 Å². The summed E-state index contributed by atoms with van der Waals surface area (Å²) in [5.41, 5.74) is -1.04. The first-order valence-corrected chi connectivity index (χ1v) is 9.75. The molecule has 3 rings (SSSR count). The average Bonchev–Trinajstić information content (AvgIpc) is 2.66. The Kier molecular flexibility index (Phi) is 6.47. The molecule has 0 unspecified atom stereocenters. The van der Waals surface area contributed by atoms with Crippen molar-refractivity contribution in [2.45, 2.75) is 32.4 Å². The summed E-state index contributed by atoms with van der Waals surface area (Å²) in [6.07, 6.45) is 3.25. The van der Waals surface area contributed by atoms with Crippen molar-refractivity contribution in [1.29, 1.82) is 0 Å². The topological polar surface area (TPSA) is 62.7 Å². The fourth-order valence-electron chi connectivity index (χ4n) is 3.63. The van der Waals surface area contributed by atoms with Crippen molar-refractivity contribution in [3.63, 3.8) is 0 Å². The number of likely N-dealkylation sites (tertiary alicyclic amines) is 1. The highest BCUT2D eigenvalue weighted by molar-refractivity contribution is 5.94. The van der Waals surface area contributed by atoms with E-state index >= 15 is 0 Å². The highest BCUT2D eigenvalue weighted by Gasteiger charge is 2.25. The van der Waals surface area contributed by atoms with Crippen LogP contribution in [0, 0.1) is 11.7 Å². The zero-order valence-corrected chi connectivity index (χ0v) is 16.7. The van der Waals surface area contributed by atoms with E-state index in [1.165, 1.54) is 30.5 Å². The van der Waals surface area contributed by atoms with E-state index in [2.05, 4.69) is 9.88 Å². The number of aromatic carboxylic acids is 1. The predicted molar refractivity (Wildman–Crippen MR) is 106 cm³/mol. The molecule has 0 radical (unpaired) electrons. The van der Waals surface area contributed by atoms with Gasteiger partial charge >= 0.3 is 5.97 Å². The molecule has 1 saturated heterocycles. The van der Waals surface area contributed by atoms with Gasteiger partial charge in [0.05, 0.1) is 17.9 Å². The van der Waals surface area contributed by atoms with Gasteiger partial charge in [0.1, 0.15) is 17.2 Å². The third-order valence-corrected chi connectivity index (χ3v) is 5.03. The third kappa shape index (κ3) is 5.73. The normalized spacial score (nSPS) is 16.0. The maximum Gasteiger partial charge on any atom is 0.337 e. The monoisotopic (exact) mass is 404 g/mol. The number of ether oxygens (including phenoxy) is 1. The Hall–Kier alpha value is -2.54. The van der Waals surface area contributed by atoms with Crippen LogP contribution in [0.15, 0.2) is 36.5 Å². The smallest absolute Gasteiger partial charge is 0.337 e. The van der Waals surface area contributed by atoms with Crippen molar-refractivity contribution in [1.82, 2.24) is 9.88 Å². The van der Waals surface area contributed by atoms with E-state index in [0.29, 0.717) is 24.8 Å². The molecule has 1 N–H and O–H groups in total. The number of halogens is 2. The third-order valence-electron chi connectivity index (χ3n) is 5.03. The molecule has 1 aromatic heterocycles. The summed E-state index contributed by atoms with van der Waals surface area (Å²) in [6, 6.07) is 7.27. The van der Waals surface area contributed by atoms with Crippen molar-refractivity contribution in [3.05, 3.63) is 47.9 Å². The van der Waals surface area contributed by atoms with Crippen LogP contribution in [0.2, 0.25) is 0 Å². The number of hydrogen-bond acceptors (Lipinski definition) is 4. The Morgan fingerprint density at radius 1 is 1.31 bits per heavy atom. The van der Waals surface area contributed by atoms with Gasteiger partial charge in [-0.05, 0) is 70.0 Å². The van der Waals surface area contributed by atoms with Gasteiger partial charge in [0.2, 0.25) is 0 Å². The quantitative estimate of drug-likeness (QED) is 0.740. The summed E-state index contributed by atoms with van der Waals surface area (Å²) in [6.45, 7) is 5.73. The van der Waals surface area contributed by atoms with Crippen molar-refractivity contribution < 1.29 is 23.4 Å². The summed E-state index contributed by atoms with van der Waals surface area (Å²) in [5, 5.41) is 9.27. The van der Waals surface area contributed by atoms with Gasteiger partial charge in [0.15, 0.2) is 0 Å². The zero-order chi connectivity index (χ0) is 21.0. The van der Waals surface area contributed by atoms with Gasteiger partial charge in [-0.25, -0.2) is 13.6 Å². The van der Waals surface area contributed by atoms with Crippen LogP contribution in [0.1, 0.15) is 37.0 Å². The van der Waals surface area contributed by atoms with Crippen molar-refractivity contribution in [2.75, 3.05) is 26.2 Å². The minimum atomic E-state index is -1.20. The number of hydrogen-bond donors (Lipinski definition) is 1. The minimum absolute atomic E-state index is 0.0525. The number of piperidine rings is 1. The molecule has 0 atom stereocenters. The van der Waals surface area contributed by atoms with Crippen LogP contribution in [0.25, 0.3) is 11.3 Å². The Morgan fingerprint density at radius 2 is 2.03 bits per heavy atom. The number of aromatic nitrogens is 1. The number of carbonyl (C=O) groups is 1. The lowest BCUT2D eigenvalue weighted by molar-refractivity contribution is 0.0697. The van der Waals surface area contributed by atoms with Crippen molar-refractivity contribution in [2.24, 2.45) is 5.92 Å². The van der Waals surface area contributed by atoms with Gasteiger partial charge in [-0.15, -0.1) is 0 Å². The molecular formula is C22H26F2N2O3. The van der Waals surface area contributed by atoms with Gasteiger partial charge in [-0.1, -0.05) is 0 Å². The molecule has 5 nitrogen and oxygen atoms in total. The molecule has 1 fully saturated rings. The van der Waals surface area contributed by atoms with Crippen LogP contribution in [0.3, 0.4) is 0 Å². The fraction of sp³-hybridized carbons (Fsp3) is 0.455. The highest BCUT2D eigenvalue weighted by Crippen LogP contribution is 2.28. The van der Waals surface area contributed by atoms with E-state index in [4.69, 9.17) is 4.74 Å². The minimum Gasteiger partial charge on any atom is -0.493 e. The Labute approximate surface area is 169 Å². The summed E-state index contributed by atoms with van der Waals surface area (Å²) in [7, 11) is 0. The van der Waals surface area contributed by atoms with Gasteiger partial charge < -0.3 is 14.7 Å². The van der Waals surface area contributed by atoms with E-state index in [0.717, 1.165) is 25.9 Å². The molecule has 1 aromatic carbocycles. The lowest BCUT2D eigenvalue weighted by atomic mass is 9.97. The number of pyridine rings is 1. The maximum absolute atomic E-state index is 14.6. The first-order chi connectivity index (χ1) is 13.7. The molecule has 0 spiro atoms. The Bertz CT molecular complexity index is 859. The van der Waals surface area contributed by atoms with E-state index in [1.54, 1.807) is 19.9 Å². The molecule has 29 heavy (non-hydrogen) atoms. The maximum atomic E-state index is 14.6. The number of alkyl halides is 1. The lowest BCUT2D eigenvalue weighted by Gasteiger charge is -2.34. The number of carboxylic acids is 1. The molecule has 156 valence electrons. The lowest BCUT2D eigenvalue weighted by Crippen LogP contribution is -2.41. The molecule has 1 aliphatic heterocycles. The molecule has 0 bridgehead atoms. The van der Waals surface area contributed by atoms with Gasteiger partial charge in [0, 0.05) is 24.4 Å². The molecule has 2 aromatic rings. The molecule has 1 aliphatic rings. The van der Waals surface area contributed by atoms with Crippen LogP contribution in [0.5, 0.6) is 5.75 Å². The van der Waals surface area contributed by atoms with Crippen molar-refractivity contribution in [3.8, 4) is 17.0 Å². The number of carboxylic acid groups (broad SMARTS) is 1. The van der Waals surface area contributed by atoms with E-state index in [9.17, 15) is 18.7 Å². The SMILES string of the molecule is CC(C)(F)CN1CCC(COc2ccc(-c3ncccc3C(=O)O)c(F)c2)CC1. The molecular weight excluding hydrogens is 378 g/mol. The summed E-state index contributed by atoms with van der Waals surface area (Å²) >= 11 is 0. The van der Waals surface area contributed by atoms with Crippen LogP contribution in [-0.4, -0.2) is 52.9 Å². The van der Waals surface area contributed by atoms with Gasteiger partial charge in [-0.3, -0.25) is 4.98 Å². The number of benzene rings is 1. The molecule has 0 aliphatic carbocycles. The predicted octanol–water partition coefficient (Wildman–Crippen LogP) is 4.42. The van der Waals surface area contributed by atoms with E-state index < -0.39 is 17.5 Å². The Morgan fingerprint density at radius 3 is 2.66 bits per heavy atom.